The van der Waals surface area contributed by atoms with Gasteiger partial charge in [0.1, 0.15) is 11.4 Å². The second kappa shape index (κ2) is 5.81. The largest absolute Gasteiger partial charge is 0.310 e. The Kier molecular flexibility index (Phi) is 3.70. The fourth-order valence-corrected chi connectivity index (χ4v) is 2.21. The smallest absolute Gasteiger partial charge is 0.276 e. The van der Waals surface area contributed by atoms with Gasteiger partial charge >= 0.3 is 0 Å². The Balaban J connectivity index is 1.85. The molecule has 2 aromatic heterocycles. The maximum absolute atomic E-state index is 12.5. The number of hydrogen-bond acceptors (Lipinski definition) is 3. The third kappa shape index (κ3) is 2.74. The second-order valence-electron chi connectivity index (χ2n) is 5.09. The first-order valence-corrected chi connectivity index (χ1v) is 6.96. The molecule has 1 amide bonds. The molecule has 0 aliphatic heterocycles. The zero-order valence-electron chi connectivity index (χ0n) is 12.4. The fraction of sp³-hybridized carbons (Fsp3) is 0.118. The number of H-pyrrole nitrogens is 1. The van der Waals surface area contributed by atoms with Gasteiger partial charge in [-0.05, 0) is 42.8 Å². The molecule has 0 radical (unpaired) electrons. The van der Waals surface area contributed by atoms with Gasteiger partial charge < -0.3 is 4.90 Å². The molecular formula is C17H16N4O. The summed E-state index contributed by atoms with van der Waals surface area (Å²) >= 11 is 0. The van der Waals surface area contributed by atoms with Gasteiger partial charge in [-0.25, -0.2) is 0 Å². The first kappa shape index (κ1) is 14.0. The highest BCUT2D eigenvalue weighted by molar-refractivity contribution is 6.04. The average molecular weight is 292 g/mol. The third-order valence-corrected chi connectivity index (χ3v) is 3.43. The van der Waals surface area contributed by atoms with E-state index in [4.69, 9.17) is 0 Å². The van der Waals surface area contributed by atoms with Gasteiger partial charge in [-0.3, -0.25) is 14.9 Å². The average Bonchev–Trinajstić information content (AvgIpc) is 3.04. The van der Waals surface area contributed by atoms with Crippen LogP contribution in [0.15, 0.2) is 54.7 Å². The Labute approximate surface area is 128 Å². The molecule has 0 aliphatic carbocycles. The number of aromatic amines is 1. The van der Waals surface area contributed by atoms with Gasteiger partial charge in [0.2, 0.25) is 0 Å². The first-order valence-electron chi connectivity index (χ1n) is 6.96. The van der Waals surface area contributed by atoms with Crippen LogP contribution in [0.2, 0.25) is 0 Å². The van der Waals surface area contributed by atoms with Crippen LogP contribution in [0.25, 0.3) is 11.4 Å². The second-order valence-corrected chi connectivity index (χ2v) is 5.09. The number of hydrogen-bond donors (Lipinski definition) is 1. The topological polar surface area (TPSA) is 61.9 Å². The lowest BCUT2D eigenvalue weighted by atomic mass is 10.2. The summed E-state index contributed by atoms with van der Waals surface area (Å²) in [6.45, 7) is 2.00. The van der Waals surface area contributed by atoms with Gasteiger partial charge in [-0.2, -0.15) is 5.10 Å². The summed E-state index contributed by atoms with van der Waals surface area (Å²) in [5.41, 5.74) is 3.78. The summed E-state index contributed by atoms with van der Waals surface area (Å²) in [5.74, 6) is -0.139. The van der Waals surface area contributed by atoms with E-state index in [1.54, 1.807) is 24.2 Å². The maximum Gasteiger partial charge on any atom is 0.276 e. The van der Waals surface area contributed by atoms with Crippen molar-refractivity contribution in [2.75, 3.05) is 11.9 Å². The molecule has 0 saturated heterocycles. The molecule has 3 rings (SSSR count). The molecule has 0 bridgehead atoms. The van der Waals surface area contributed by atoms with Crippen molar-refractivity contribution in [1.29, 1.82) is 0 Å². The summed E-state index contributed by atoms with van der Waals surface area (Å²) in [7, 11) is 1.75. The molecule has 5 heteroatoms. The lowest BCUT2D eigenvalue weighted by Crippen LogP contribution is -2.26. The Morgan fingerprint density at radius 2 is 1.95 bits per heavy atom. The van der Waals surface area contributed by atoms with Crippen molar-refractivity contribution >= 4 is 11.6 Å². The van der Waals surface area contributed by atoms with Gasteiger partial charge in [0.15, 0.2) is 0 Å². The van der Waals surface area contributed by atoms with Crippen LogP contribution in [0.1, 0.15) is 16.1 Å². The maximum atomic E-state index is 12.5. The normalized spacial score (nSPS) is 10.5. The van der Waals surface area contributed by atoms with Gasteiger partial charge in [0, 0.05) is 18.9 Å². The van der Waals surface area contributed by atoms with Crippen molar-refractivity contribution in [3.63, 3.8) is 0 Å². The van der Waals surface area contributed by atoms with E-state index in [1.165, 1.54) is 0 Å². The minimum absolute atomic E-state index is 0.139. The number of pyridine rings is 1. The van der Waals surface area contributed by atoms with Crippen LogP contribution in [0, 0.1) is 6.92 Å². The predicted octanol–water partition coefficient (Wildman–Crippen LogP) is 3.06. The van der Waals surface area contributed by atoms with Crippen LogP contribution in [0.3, 0.4) is 0 Å². The third-order valence-electron chi connectivity index (χ3n) is 3.43. The van der Waals surface area contributed by atoms with Crippen LogP contribution in [0.5, 0.6) is 0 Å². The number of carbonyl (C=O) groups is 1. The lowest BCUT2D eigenvalue weighted by molar-refractivity contribution is 0.0988. The summed E-state index contributed by atoms with van der Waals surface area (Å²) in [5, 5.41) is 6.95. The Morgan fingerprint density at radius 3 is 2.68 bits per heavy atom. The summed E-state index contributed by atoms with van der Waals surface area (Å²) in [4.78, 5) is 18.4. The minimum Gasteiger partial charge on any atom is -0.310 e. The molecule has 0 saturated carbocycles. The van der Waals surface area contributed by atoms with Crippen LogP contribution in [-0.4, -0.2) is 28.1 Å². The molecule has 22 heavy (non-hydrogen) atoms. The van der Waals surface area contributed by atoms with Gasteiger partial charge in [0.05, 0.1) is 5.69 Å². The molecule has 5 nitrogen and oxygen atoms in total. The molecule has 0 unspecified atom stereocenters. The first-order chi connectivity index (χ1) is 10.6. The molecule has 0 spiro atoms. The van der Waals surface area contributed by atoms with Gasteiger partial charge in [-0.15, -0.1) is 0 Å². The van der Waals surface area contributed by atoms with Gasteiger partial charge in [-0.1, -0.05) is 18.2 Å². The van der Waals surface area contributed by atoms with Crippen molar-refractivity contribution in [2.45, 2.75) is 6.92 Å². The molecule has 1 N–H and O–H groups in total. The molecular weight excluding hydrogens is 276 g/mol. The standard InChI is InChI=1S/C17H16N4O/c1-12-6-5-7-13(10-12)21(2)17(22)16-11-15(19-20-16)14-8-3-4-9-18-14/h3-11H,1-2H3,(H,19,20). The van der Waals surface area contributed by atoms with Crippen molar-refractivity contribution in [2.24, 2.45) is 0 Å². The number of amides is 1. The van der Waals surface area contributed by atoms with Crippen molar-refractivity contribution in [3.05, 3.63) is 66.0 Å². The molecule has 0 aliphatic rings. The number of anilines is 1. The molecule has 0 fully saturated rings. The van der Waals surface area contributed by atoms with Crippen LogP contribution in [0.4, 0.5) is 5.69 Å². The number of nitrogens with one attached hydrogen (secondary N) is 1. The number of aryl methyl sites for hydroxylation is 1. The number of rotatable bonds is 3. The number of aromatic nitrogens is 3. The van der Waals surface area contributed by atoms with E-state index in [9.17, 15) is 4.79 Å². The Morgan fingerprint density at radius 1 is 1.09 bits per heavy atom. The van der Waals surface area contributed by atoms with Crippen molar-refractivity contribution < 1.29 is 4.79 Å². The van der Waals surface area contributed by atoms with E-state index in [-0.39, 0.29) is 5.91 Å². The van der Waals surface area contributed by atoms with E-state index in [2.05, 4.69) is 15.2 Å². The highest BCUT2D eigenvalue weighted by atomic mass is 16.2. The molecule has 1 aromatic carbocycles. The quantitative estimate of drug-likeness (QED) is 0.807. The van der Waals surface area contributed by atoms with Crippen LogP contribution in [-0.2, 0) is 0 Å². The zero-order chi connectivity index (χ0) is 15.5. The lowest BCUT2D eigenvalue weighted by Gasteiger charge is -2.16. The summed E-state index contributed by atoms with van der Waals surface area (Å²) < 4.78 is 0. The predicted molar refractivity (Wildman–Crippen MR) is 85.7 cm³/mol. The summed E-state index contributed by atoms with van der Waals surface area (Å²) in [6.07, 6.45) is 1.70. The van der Waals surface area contributed by atoms with E-state index in [0.717, 1.165) is 16.9 Å². The number of benzene rings is 1. The fourth-order valence-electron chi connectivity index (χ4n) is 2.21. The van der Waals surface area contributed by atoms with E-state index in [0.29, 0.717) is 11.4 Å². The minimum atomic E-state index is -0.139. The molecule has 110 valence electrons. The molecule has 2 heterocycles. The Hall–Kier alpha value is -2.95. The number of nitrogens with zero attached hydrogens (tertiary/aromatic N) is 3. The number of carbonyl (C=O) groups excluding carboxylic acids is 1. The Bertz CT molecular complexity index is 795. The molecule has 0 atom stereocenters. The monoisotopic (exact) mass is 292 g/mol. The van der Waals surface area contributed by atoms with Gasteiger partial charge in [0.25, 0.3) is 5.91 Å². The van der Waals surface area contributed by atoms with E-state index in [1.807, 2.05) is 49.4 Å². The van der Waals surface area contributed by atoms with E-state index < -0.39 is 0 Å². The summed E-state index contributed by atoms with van der Waals surface area (Å²) in [6, 6.07) is 15.1. The van der Waals surface area contributed by atoms with Crippen LogP contribution < -0.4 is 4.90 Å². The zero-order valence-corrected chi connectivity index (χ0v) is 12.4. The SMILES string of the molecule is Cc1cccc(N(C)C(=O)c2cc(-c3ccccn3)n[nH]2)c1. The molecule has 3 aromatic rings. The highest BCUT2D eigenvalue weighted by Crippen LogP contribution is 2.19. The van der Waals surface area contributed by atoms with Crippen molar-refractivity contribution in [1.82, 2.24) is 15.2 Å². The highest BCUT2D eigenvalue weighted by Gasteiger charge is 2.17. The van der Waals surface area contributed by atoms with E-state index >= 15 is 0 Å². The van der Waals surface area contributed by atoms with Crippen molar-refractivity contribution in [3.8, 4) is 11.4 Å². The van der Waals surface area contributed by atoms with Crippen LogP contribution >= 0.6 is 0 Å².